The normalized spacial score (nSPS) is 21.8. The summed E-state index contributed by atoms with van der Waals surface area (Å²) in [4.78, 5) is 17.6. The average Bonchev–Trinajstić information content (AvgIpc) is 3.16. The summed E-state index contributed by atoms with van der Waals surface area (Å²) in [6.45, 7) is 4.76. The molecule has 1 saturated carbocycles. The lowest BCUT2D eigenvalue weighted by Crippen LogP contribution is -2.42. The molecule has 0 spiro atoms. The van der Waals surface area contributed by atoms with Gasteiger partial charge in [-0.05, 0) is 58.1 Å². The number of rotatable bonds is 6. The number of carbonyl (C=O) groups excluding carboxylic acids is 1. The quantitative estimate of drug-likeness (QED) is 0.608. The van der Waals surface area contributed by atoms with E-state index in [0.29, 0.717) is 30.3 Å². The minimum Gasteiger partial charge on any atom is -0.447 e. The highest BCUT2D eigenvalue weighted by Crippen LogP contribution is 2.40. The number of sulfonamides is 1. The minimum atomic E-state index is -3.57. The van der Waals surface area contributed by atoms with Crippen molar-refractivity contribution in [1.82, 2.24) is 14.6 Å². The van der Waals surface area contributed by atoms with Crippen molar-refractivity contribution in [2.45, 2.75) is 68.9 Å². The summed E-state index contributed by atoms with van der Waals surface area (Å²) in [6, 6.07) is 5.18. The Morgan fingerprint density at radius 3 is 2.59 bits per heavy atom. The zero-order valence-corrected chi connectivity index (χ0v) is 20.0. The Morgan fingerprint density at radius 1 is 1.25 bits per heavy atom. The molecule has 1 saturated heterocycles. The van der Waals surface area contributed by atoms with E-state index in [2.05, 4.69) is 10.3 Å². The predicted octanol–water partition coefficient (Wildman–Crippen LogP) is 3.95. The van der Waals surface area contributed by atoms with E-state index in [1.54, 1.807) is 35.7 Å². The third-order valence-corrected chi connectivity index (χ3v) is 9.10. The molecule has 0 bridgehead atoms. The fourth-order valence-corrected chi connectivity index (χ4v) is 7.07. The first-order valence-corrected chi connectivity index (χ1v) is 13.3. The van der Waals surface area contributed by atoms with Gasteiger partial charge in [0.15, 0.2) is 0 Å². The molecule has 1 aliphatic carbocycles. The molecule has 8 nitrogen and oxygen atoms in total. The molecule has 2 heterocycles. The number of benzene rings is 1. The summed E-state index contributed by atoms with van der Waals surface area (Å²) in [6.07, 6.45) is 5.72. The molecule has 0 radical (unpaired) electrons. The lowest BCUT2D eigenvalue weighted by atomic mass is 9.86. The maximum absolute atomic E-state index is 13.1. The van der Waals surface area contributed by atoms with Gasteiger partial charge < -0.3 is 15.8 Å². The molecule has 1 aromatic carbocycles. The van der Waals surface area contributed by atoms with E-state index in [-0.39, 0.29) is 23.1 Å². The number of ether oxygens (including phenoxy) is 1. The van der Waals surface area contributed by atoms with E-state index in [0.717, 1.165) is 42.0 Å². The number of nitrogens with zero attached hydrogens (tertiary/aromatic N) is 2. The number of hydrogen-bond acceptors (Lipinski definition) is 7. The van der Waals surface area contributed by atoms with E-state index in [4.69, 9.17) is 10.5 Å². The molecular formula is C22H30N4O4S2. The lowest BCUT2D eigenvalue weighted by Gasteiger charge is -2.30. The summed E-state index contributed by atoms with van der Waals surface area (Å²) in [5.74, 6) is 0.303. The van der Waals surface area contributed by atoms with Crippen molar-refractivity contribution in [3.63, 3.8) is 0 Å². The van der Waals surface area contributed by atoms with Crippen LogP contribution in [0.3, 0.4) is 0 Å². The first kappa shape index (κ1) is 23.0. The van der Waals surface area contributed by atoms with E-state index < -0.39 is 10.0 Å². The molecule has 2 aliphatic rings. The SMILES string of the molecule is CC(C)OC(=O)NC1CCC(c2ncc(-c3ccc(N)cc3S(=O)(=O)N3CCC3)s2)CC1. The van der Waals surface area contributed by atoms with Gasteiger partial charge in [-0.2, -0.15) is 4.31 Å². The summed E-state index contributed by atoms with van der Waals surface area (Å²) >= 11 is 1.54. The fourth-order valence-electron chi connectivity index (χ4n) is 4.12. The van der Waals surface area contributed by atoms with E-state index in [9.17, 15) is 13.2 Å². The van der Waals surface area contributed by atoms with Crippen LogP contribution in [0.1, 0.15) is 56.9 Å². The highest BCUT2D eigenvalue weighted by atomic mass is 32.2. The topological polar surface area (TPSA) is 115 Å². The average molecular weight is 479 g/mol. The molecule has 4 rings (SSSR count). The third kappa shape index (κ3) is 4.92. The van der Waals surface area contributed by atoms with Crippen molar-refractivity contribution in [2.24, 2.45) is 0 Å². The highest BCUT2D eigenvalue weighted by Gasteiger charge is 2.32. The number of carbonyl (C=O) groups is 1. The van der Waals surface area contributed by atoms with Crippen LogP contribution in [0.15, 0.2) is 29.3 Å². The van der Waals surface area contributed by atoms with Crippen LogP contribution in [0.4, 0.5) is 10.5 Å². The van der Waals surface area contributed by atoms with Gasteiger partial charge >= 0.3 is 6.09 Å². The summed E-state index contributed by atoms with van der Waals surface area (Å²) in [7, 11) is -3.57. The molecule has 32 heavy (non-hydrogen) atoms. The number of amides is 1. The number of nitrogens with one attached hydrogen (secondary N) is 1. The first-order valence-electron chi connectivity index (χ1n) is 11.1. The van der Waals surface area contributed by atoms with Crippen molar-refractivity contribution >= 4 is 33.1 Å². The lowest BCUT2D eigenvalue weighted by molar-refractivity contribution is 0.109. The molecule has 0 unspecified atom stereocenters. The molecule has 0 atom stereocenters. The van der Waals surface area contributed by atoms with Gasteiger partial charge in [0.1, 0.15) is 0 Å². The second-order valence-electron chi connectivity index (χ2n) is 8.72. The molecule has 1 amide bonds. The molecule has 2 aromatic rings. The van der Waals surface area contributed by atoms with Crippen LogP contribution < -0.4 is 11.1 Å². The van der Waals surface area contributed by atoms with Gasteiger partial charge in [0, 0.05) is 42.5 Å². The third-order valence-electron chi connectivity index (χ3n) is 5.97. The van der Waals surface area contributed by atoms with Crippen LogP contribution in [-0.2, 0) is 14.8 Å². The van der Waals surface area contributed by atoms with Crippen molar-refractivity contribution in [3.8, 4) is 10.4 Å². The van der Waals surface area contributed by atoms with Crippen LogP contribution in [0.5, 0.6) is 0 Å². The summed E-state index contributed by atoms with van der Waals surface area (Å²) in [5.41, 5.74) is 7.01. The van der Waals surface area contributed by atoms with Crippen LogP contribution in [0.25, 0.3) is 10.4 Å². The summed E-state index contributed by atoms with van der Waals surface area (Å²) in [5, 5.41) is 3.95. The van der Waals surface area contributed by atoms with Crippen molar-refractivity contribution in [3.05, 3.63) is 29.4 Å². The van der Waals surface area contributed by atoms with E-state index >= 15 is 0 Å². The molecule has 10 heteroatoms. The zero-order valence-electron chi connectivity index (χ0n) is 18.4. The van der Waals surface area contributed by atoms with Gasteiger partial charge in [0.2, 0.25) is 10.0 Å². The smallest absolute Gasteiger partial charge is 0.407 e. The maximum Gasteiger partial charge on any atom is 0.407 e. The number of thiazole rings is 1. The van der Waals surface area contributed by atoms with Crippen molar-refractivity contribution in [2.75, 3.05) is 18.8 Å². The Balaban J connectivity index is 1.47. The number of aromatic nitrogens is 1. The Hall–Kier alpha value is -2.17. The van der Waals surface area contributed by atoms with Crippen LogP contribution in [-0.4, -0.2) is 49.0 Å². The number of nitrogens with two attached hydrogens (primary N) is 1. The van der Waals surface area contributed by atoms with Gasteiger partial charge in [-0.15, -0.1) is 11.3 Å². The molecular weight excluding hydrogens is 448 g/mol. The highest BCUT2D eigenvalue weighted by molar-refractivity contribution is 7.89. The van der Waals surface area contributed by atoms with Crippen molar-refractivity contribution in [1.29, 1.82) is 0 Å². The Morgan fingerprint density at radius 2 is 1.97 bits per heavy atom. The monoisotopic (exact) mass is 478 g/mol. The van der Waals surface area contributed by atoms with Crippen LogP contribution in [0, 0.1) is 0 Å². The van der Waals surface area contributed by atoms with Gasteiger partial charge in [-0.1, -0.05) is 6.07 Å². The Kier molecular flexibility index (Phi) is 6.73. The number of nitrogen functional groups attached to an aromatic ring is 1. The largest absolute Gasteiger partial charge is 0.447 e. The zero-order chi connectivity index (χ0) is 22.9. The minimum absolute atomic E-state index is 0.113. The molecule has 1 aromatic heterocycles. The predicted molar refractivity (Wildman–Crippen MR) is 125 cm³/mol. The summed E-state index contributed by atoms with van der Waals surface area (Å²) < 4.78 is 32.8. The van der Waals surface area contributed by atoms with Gasteiger partial charge in [0.05, 0.1) is 20.9 Å². The molecule has 2 fully saturated rings. The van der Waals surface area contributed by atoms with Crippen molar-refractivity contribution < 1.29 is 17.9 Å². The second kappa shape index (κ2) is 9.36. The van der Waals surface area contributed by atoms with Crippen LogP contribution in [0.2, 0.25) is 0 Å². The molecule has 174 valence electrons. The van der Waals surface area contributed by atoms with Gasteiger partial charge in [-0.3, -0.25) is 0 Å². The maximum atomic E-state index is 13.1. The number of alkyl carbamates (subject to hydrolysis) is 1. The van der Waals surface area contributed by atoms with E-state index in [1.165, 1.54) is 4.31 Å². The standard InChI is InChI=1S/C22H30N4O4S2/c1-14(2)30-22(27)25-17-7-4-15(5-8-17)21-24-13-19(31-21)18-9-6-16(23)12-20(18)32(28,29)26-10-3-11-26/h6,9,12-15,17H,3-5,7-8,10-11,23H2,1-2H3,(H,25,27). The molecule has 3 N–H and O–H groups in total. The number of anilines is 1. The first-order chi connectivity index (χ1) is 15.2. The number of hydrogen-bond donors (Lipinski definition) is 2. The van der Waals surface area contributed by atoms with Crippen LogP contribution >= 0.6 is 11.3 Å². The van der Waals surface area contributed by atoms with Gasteiger partial charge in [0.25, 0.3) is 0 Å². The van der Waals surface area contributed by atoms with Gasteiger partial charge in [-0.25, -0.2) is 18.2 Å². The molecule has 1 aliphatic heterocycles. The van der Waals surface area contributed by atoms with E-state index in [1.807, 2.05) is 13.8 Å². The fraction of sp³-hybridized carbons (Fsp3) is 0.545. The Labute approximate surface area is 193 Å². The Bertz CT molecular complexity index is 1070. The second-order valence-corrected chi connectivity index (χ2v) is 11.7.